The van der Waals surface area contributed by atoms with Gasteiger partial charge in [0.15, 0.2) is 5.82 Å². The van der Waals surface area contributed by atoms with Gasteiger partial charge in [-0.05, 0) is 41.6 Å². The molecule has 1 N–H and O–H groups in total. The lowest BCUT2D eigenvalue weighted by molar-refractivity contribution is 0.0953. The Morgan fingerprint density at radius 3 is 3.04 bits per heavy atom. The Kier molecular flexibility index (Phi) is 3.38. The number of aromatic nitrogens is 1. The van der Waals surface area contributed by atoms with Crippen molar-refractivity contribution in [2.75, 3.05) is 18.7 Å². The van der Waals surface area contributed by atoms with Crippen LogP contribution in [0, 0.1) is 0 Å². The van der Waals surface area contributed by atoms with Crippen molar-refractivity contribution in [3.63, 3.8) is 0 Å². The zero-order valence-electron chi connectivity index (χ0n) is 12.6. The number of anilines is 1. The maximum absolute atomic E-state index is 12.2. The van der Waals surface area contributed by atoms with Crippen LogP contribution < -0.4 is 15.2 Å². The van der Waals surface area contributed by atoms with Gasteiger partial charge in [-0.2, -0.15) is 0 Å². The molecule has 4 rings (SSSR count). The van der Waals surface area contributed by atoms with Gasteiger partial charge in [0.2, 0.25) is 0 Å². The number of carbonyl (C=O) groups is 1. The molecule has 116 valence electrons. The van der Waals surface area contributed by atoms with E-state index in [9.17, 15) is 4.79 Å². The first-order valence-electron chi connectivity index (χ1n) is 7.34. The molecule has 0 saturated heterocycles. The van der Waals surface area contributed by atoms with E-state index in [-0.39, 0.29) is 5.91 Å². The summed E-state index contributed by atoms with van der Waals surface area (Å²) in [6, 6.07) is 11.7. The molecule has 3 heterocycles. The molecule has 0 atom stereocenters. The lowest BCUT2D eigenvalue weighted by atomic mass is 10.1. The molecular weight excluding hydrogens is 310 g/mol. The Balaban J connectivity index is 1.67. The van der Waals surface area contributed by atoms with E-state index in [4.69, 9.17) is 9.72 Å². The third-order valence-corrected chi connectivity index (χ3v) is 4.79. The number of rotatable bonds is 3. The molecule has 1 aliphatic heterocycles. The monoisotopic (exact) mass is 325 g/mol. The standard InChI is InChI=1S/C17H15N3O2S/c1-22-13-5-4-11-9-12-6-7-20(16(12)18-14(11)10-13)19-17(21)15-3-2-8-23-15/h2-5,8-10H,6-7H2,1H3,(H,19,21). The Labute approximate surface area is 137 Å². The van der Waals surface area contributed by atoms with Gasteiger partial charge in [0.25, 0.3) is 5.91 Å². The predicted molar refractivity (Wildman–Crippen MR) is 91.1 cm³/mol. The minimum Gasteiger partial charge on any atom is -0.497 e. The molecule has 0 fully saturated rings. The van der Waals surface area contributed by atoms with Gasteiger partial charge in [-0.1, -0.05) is 6.07 Å². The minimum absolute atomic E-state index is 0.0969. The van der Waals surface area contributed by atoms with E-state index in [1.807, 2.05) is 40.7 Å². The number of fused-ring (bicyclic) bond motifs is 2. The Bertz CT molecular complexity index is 877. The maximum Gasteiger partial charge on any atom is 0.279 e. The number of pyridine rings is 1. The number of methoxy groups -OCH3 is 1. The van der Waals surface area contributed by atoms with Crippen molar-refractivity contribution in [3.05, 3.63) is 52.2 Å². The summed E-state index contributed by atoms with van der Waals surface area (Å²) in [6.07, 6.45) is 0.870. The highest BCUT2D eigenvalue weighted by atomic mass is 32.1. The van der Waals surface area contributed by atoms with Crippen molar-refractivity contribution < 1.29 is 9.53 Å². The average molecular weight is 325 g/mol. The smallest absolute Gasteiger partial charge is 0.279 e. The van der Waals surface area contributed by atoms with Gasteiger partial charge in [0, 0.05) is 18.0 Å². The molecule has 1 amide bonds. The van der Waals surface area contributed by atoms with E-state index in [0.29, 0.717) is 4.88 Å². The van der Waals surface area contributed by atoms with Crippen LogP contribution in [0.2, 0.25) is 0 Å². The van der Waals surface area contributed by atoms with Gasteiger partial charge in [0.1, 0.15) is 5.75 Å². The molecule has 5 nitrogen and oxygen atoms in total. The highest BCUT2D eigenvalue weighted by molar-refractivity contribution is 7.12. The van der Waals surface area contributed by atoms with E-state index in [1.165, 1.54) is 11.3 Å². The van der Waals surface area contributed by atoms with E-state index in [1.54, 1.807) is 7.11 Å². The summed E-state index contributed by atoms with van der Waals surface area (Å²) in [7, 11) is 1.64. The zero-order chi connectivity index (χ0) is 15.8. The van der Waals surface area contributed by atoms with Gasteiger partial charge in [-0.3, -0.25) is 15.2 Å². The number of hydrazine groups is 1. The third kappa shape index (κ3) is 2.51. The number of benzene rings is 1. The molecule has 0 radical (unpaired) electrons. The topological polar surface area (TPSA) is 54.5 Å². The highest BCUT2D eigenvalue weighted by Gasteiger charge is 2.23. The second-order valence-corrected chi connectivity index (χ2v) is 6.30. The van der Waals surface area contributed by atoms with Gasteiger partial charge < -0.3 is 4.74 Å². The van der Waals surface area contributed by atoms with Crippen LogP contribution in [0.1, 0.15) is 15.2 Å². The number of nitrogens with one attached hydrogen (secondary N) is 1. The summed E-state index contributed by atoms with van der Waals surface area (Å²) < 4.78 is 5.26. The molecule has 2 aromatic heterocycles. The first-order valence-corrected chi connectivity index (χ1v) is 8.22. The minimum atomic E-state index is -0.0969. The SMILES string of the molecule is COc1ccc2cc3c(nc2c1)N(NC(=O)c1cccs1)CC3. The molecule has 23 heavy (non-hydrogen) atoms. The van der Waals surface area contributed by atoms with E-state index in [2.05, 4.69) is 11.5 Å². The van der Waals surface area contributed by atoms with Gasteiger partial charge >= 0.3 is 0 Å². The van der Waals surface area contributed by atoms with Crippen molar-refractivity contribution in [3.8, 4) is 5.75 Å². The summed E-state index contributed by atoms with van der Waals surface area (Å²) in [5, 5.41) is 4.80. The summed E-state index contributed by atoms with van der Waals surface area (Å²) >= 11 is 1.43. The van der Waals surface area contributed by atoms with Gasteiger partial charge in [0.05, 0.1) is 17.5 Å². The Morgan fingerprint density at radius 2 is 2.26 bits per heavy atom. The number of carbonyl (C=O) groups excluding carboxylic acids is 1. The fourth-order valence-corrected chi connectivity index (χ4v) is 3.37. The quantitative estimate of drug-likeness (QED) is 0.804. The third-order valence-electron chi connectivity index (χ3n) is 3.92. The van der Waals surface area contributed by atoms with Crippen LogP contribution in [0.15, 0.2) is 41.8 Å². The molecule has 1 aromatic carbocycles. The number of thiophene rings is 1. The molecule has 0 unspecified atom stereocenters. The number of hydrogen-bond donors (Lipinski definition) is 1. The average Bonchev–Trinajstić information content (AvgIpc) is 3.23. The van der Waals surface area contributed by atoms with E-state index < -0.39 is 0 Å². The molecule has 0 bridgehead atoms. The van der Waals surface area contributed by atoms with E-state index in [0.717, 1.165) is 41.0 Å². The zero-order valence-corrected chi connectivity index (χ0v) is 13.4. The number of ether oxygens (including phenoxy) is 1. The lowest BCUT2D eigenvalue weighted by Crippen LogP contribution is -2.41. The van der Waals surface area contributed by atoms with Crippen molar-refractivity contribution in [2.45, 2.75) is 6.42 Å². The Hall–Kier alpha value is -2.60. The van der Waals surface area contributed by atoms with Crippen LogP contribution in [0.3, 0.4) is 0 Å². The van der Waals surface area contributed by atoms with Crippen LogP contribution in [0.4, 0.5) is 5.82 Å². The first-order chi connectivity index (χ1) is 11.2. The second-order valence-electron chi connectivity index (χ2n) is 5.35. The molecular formula is C17H15N3O2S. The predicted octanol–water partition coefficient (Wildman–Crippen LogP) is 3.01. The molecule has 0 saturated carbocycles. The van der Waals surface area contributed by atoms with Crippen molar-refractivity contribution in [1.82, 2.24) is 10.4 Å². The highest BCUT2D eigenvalue weighted by Crippen LogP contribution is 2.30. The summed E-state index contributed by atoms with van der Waals surface area (Å²) in [4.78, 5) is 17.7. The van der Waals surface area contributed by atoms with Gasteiger partial charge in [-0.25, -0.2) is 4.98 Å². The normalized spacial score (nSPS) is 13.2. The number of nitrogens with zero attached hydrogens (tertiary/aromatic N) is 2. The number of hydrogen-bond acceptors (Lipinski definition) is 5. The molecule has 0 spiro atoms. The van der Waals surface area contributed by atoms with Crippen LogP contribution in [0.25, 0.3) is 10.9 Å². The van der Waals surface area contributed by atoms with Crippen molar-refractivity contribution in [2.24, 2.45) is 0 Å². The first kappa shape index (κ1) is 14.0. The fourth-order valence-electron chi connectivity index (χ4n) is 2.76. The summed E-state index contributed by atoms with van der Waals surface area (Å²) in [6.45, 7) is 0.729. The van der Waals surface area contributed by atoms with E-state index >= 15 is 0 Å². The van der Waals surface area contributed by atoms with Crippen LogP contribution in [-0.4, -0.2) is 24.5 Å². The maximum atomic E-state index is 12.2. The Morgan fingerprint density at radius 1 is 1.35 bits per heavy atom. The largest absolute Gasteiger partial charge is 0.497 e. The number of amides is 1. The van der Waals surface area contributed by atoms with Crippen LogP contribution in [0.5, 0.6) is 5.75 Å². The van der Waals surface area contributed by atoms with Crippen LogP contribution in [-0.2, 0) is 6.42 Å². The lowest BCUT2D eigenvalue weighted by Gasteiger charge is -2.19. The van der Waals surface area contributed by atoms with Crippen LogP contribution >= 0.6 is 11.3 Å². The molecule has 6 heteroatoms. The fraction of sp³-hybridized carbons (Fsp3) is 0.176. The van der Waals surface area contributed by atoms with Crippen molar-refractivity contribution >= 4 is 34.0 Å². The molecule has 1 aliphatic rings. The summed E-state index contributed by atoms with van der Waals surface area (Å²) in [5.74, 6) is 1.49. The van der Waals surface area contributed by atoms with Gasteiger partial charge in [-0.15, -0.1) is 11.3 Å². The second kappa shape index (κ2) is 5.55. The molecule has 3 aromatic rings. The van der Waals surface area contributed by atoms with Crippen molar-refractivity contribution in [1.29, 1.82) is 0 Å². The summed E-state index contributed by atoms with van der Waals surface area (Å²) in [5.41, 5.74) is 4.95. The molecule has 0 aliphatic carbocycles.